The number of hydrogen-bond donors (Lipinski definition) is 1. The topological polar surface area (TPSA) is 41.5 Å². The van der Waals surface area contributed by atoms with Crippen LogP contribution >= 0.6 is 11.6 Å². The molecular formula is C22H19ClN2O. The Bertz CT molecular complexity index is 868. The molecule has 130 valence electrons. The van der Waals surface area contributed by atoms with Gasteiger partial charge in [0.25, 0.3) is 5.91 Å². The lowest BCUT2D eigenvalue weighted by atomic mass is 9.88. The van der Waals surface area contributed by atoms with Gasteiger partial charge in [0.2, 0.25) is 0 Å². The number of nitrogens with zero attached hydrogens (tertiary/aromatic N) is 1. The summed E-state index contributed by atoms with van der Waals surface area (Å²) in [4.78, 5) is 12.4. The Labute approximate surface area is 158 Å². The van der Waals surface area contributed by atoms with Crippen LogP contribution in [0.1, 0.15) is 34.3 Å². The van der Waals surface area contributed by atoms with Crippen LogP contribution in [0.15, 0.2) is 90.0 Å². The summed E-state index contributed by atoms with van der Waals surface area (Å²) in [7, 11) is 0. The first kappa shape index (κ1) is 17.9. The number of hydrazone groups is 1. The third-order valence-electron chi connectivity index (χ3n) is 4.14. The summed E-state index contributed by atoms with van der Waals surface area (Å²) in [6.45, 7) is 1.91. The Morgan fingerprint density at radius 2 is 1.35 bits per heavy atom. The van der Waals surface area contributed by atoms with Crippen LogP contribution in [0, 0.1) is 0 Å². The van der Waals surface area contributed by atoms with E-state index < -0.39 is 0 Å². The number of hydrogen-bond acceptors (Lipinski definition) is 2. The largest absolute Gasteiger partial charge is 0.272 e. The van der Waals surface area contributed by atoms with Crippen molar-refractivity contribution < 1.29 is 4.79 Å². The van der Waals surface area contributed by atoms with Crippen LogP contribution in [0.2, 0.25) is 5.02 Å². The maximum absolute atomic E-state index is 12.4. The summed E-state index contributed by atoms with van der Waals surface area (Å²) >= 11 is 6.08. The first-order valence-corrected chi connectivity index (χ1v) is 8.73. The van der Waals surface area contributed by atoms with E-state index in [9.17, 15) is 4.79 Å². The van der Waals surface area contributed by atoms with Gasteiger partial charge < -0.3 is 0 Å². The zero-order valence-electron chi connectivity index (χ0n) is 14.4. The molecule has 3 aromatic rings. The lowest BCUT2D eigenvalue weighted by molar-refractivity contribution is 0.0955. The van der Waals surface area contributed by atoms with E-state index in [0.29, 0.717) is 10.6 Å². The first-order valence-electron chi connectivity index (χ1n) is 8.36. The van der Waals surface area contributed by atoms with Crippen molar-refractivity contribution in [1.82, 2.24) is 5.43 Å². The minimum atomic E-state index is -0.324. The molecular weight excluding hydrogens is 344 g/mol. The van der Waals surface area contributed by atoms with E-state index in [-0.39, 0.29) is 11.8 Å². The lowest BCUT2D eigenvalue weighted by Gasteiger charge is -2.18. The molecule has 3 nitrogen and oxygen atoms in total. The number of benzene rings is 3. The van der Waals surface area contributed by atoms with Gasteiger partial charge in [-0.25, -0.2) is 5.43 Å². The normalized spacial score (nSPS) is 11.4. The molecule has 0 bridgehead atoms. The van der Waals surface area contributed by atoms with Crippen molar-refractivity contribution in [3.63, 3.8) is 0 Å². The fourth-order valence-corrected chi connectivity index (χ4v) is 3.10. The third-order valence-corrected chi connectivity index (χ3v) is 4.47. The molecule has 0 saturated heterocycles. The van der Waals surface area contributed by atoms with E-state index >= 15 is 0 Å². The predicted molar refractivity (Wildman–Crippen MR) is 107 cm³/mol. The molecule has 0 aliphatic carbocycles. The summed E-state index contributed by atoms with van der Waals surface area (Å²) < 4.78 is 0. The van der Waals surface area contributed by atoms with Crippen LogP contribution in [0.5, 0.6) is 0 Å². The molecule has 0 aliphatic heterocycles. The highest BCUT2D eigenvalue weighted by atomic mass is 35.5. The molecule has 1 N–H and O–H groups in total. The molecule has 4 heteroatoms. The van der Waals surface area contributed by atoms with Gasteiger partial charge in [-0.2, -0.15) is 5.10 Å². The summed E-state index contributed by atoms with van der Waals surface area (Å²) in [6, 6.07) is 27.1. The molecule has 0 fully saturated rings. The van der Waals surface area contributed by atoms with Crippen LogP contribution in [-0.4, -0.2) is 11.6 Å². The van der Waals surface area contributed by atoms with Crippen molar-refractivity contribution in [1.29, 1.82) is 0 Å². The molecule has 0 saturated carbocycles. The Morgan fingerprint density at radius 1 is 0.846 bits per heavy atom. The number of halogens is 1. The minimum Gasteiger partial charge on any atom is -0.267 e. The van der Waals surface area contributed by atoms with Crippen LogP contribution in [0.4, 0.5) is 0 Å². The average Bonchev–Trinajstić information content (AvgIpc) is 2.68. The molecule has 3 rings (SSSR count). The van der Waals surface area contributed by atoms with Crippen molar-refractivity contribution in [2.24, 2.45) is 5.10 Å². The molecule has 0 radical (unpaired) electrons. The molecule has 3 aromatic carbocycles. The lowest BCUT2D eigenvalue weighted by Crippen LogP contribution is -2.22. The van der Waals surface area contributed by atoms with Gasteiger partial charge >= 0.3 is 0 Å². The van der Waals surface area contributed by atoms with Crippen molar-refractivity contribution in [3.05, 3.63) is 107 Å². The maximum atomic E-state index is 12.4. The molecule has 1 amide bonds. The highest BCUT2D eigenvalue weighted by Crippen LogP contribution is 2.26. The van der Waals surface area contributed by atoms with Gasteiger partial charge in [-0.05, 0) is 30.2 Å². The minimum absolute atomic E-state index is 0.0380. The first-order chi connectivity index (χ1) is 12.7. The highest BCUT2D eigenvalue weighted by molar-refractivity contribution is 6.33. The highest BCUT2D eigenvalue weighted by Gasteiger charge is 2.18. The number of amides is 1. The van der Waals surface area contributed by atoms with Crippen LogP contribution in [0.25, 0.3) is 0 Å². The van der Waals surface area contributed by atoms with Gasteiger partial charge in [0, 0.05) is 11.6 Å². The SMILES string of the molecule is C/C(=N\NC(=O)c1ccccc1Cl)C(c1ccccc1)c1ccccc1. The predicted octanol–water partition coefficient (Wildman–Crippen LogP) is 5.28. The molecule has 0 heterocycles. The van der Waals surface area contributed by atoms with Crippen LogP contribution in [-0.2, 0) is 0 Å². The molecule has 0 unspecified atom stereocenters. The zero-order chi connectivity index (χ0) is 18.4. The monoisotopic (exact) mass is 362 g/mol. The van der Waals surface area contributed by atoms with Crippen molar-refractivity contribution in [2.75, 3.05) is 0 Å². The van der Waals surface area contributed by atoms with Gasteiger partial charge in [-0.3, -0.25) is 4.79 Å². The van der Waals surface area contributed by atoms with Gasteiger partial charge in [0.1, 0.15) is 0 Å². The quantitative estimate of drug-likeness (QED) is 0.487. The molecule has 0 aliphatic rings. The van der Waals surface area contributed by atoms with Gasteiger partial charge in [0.05, 0.1) is 10.6 Å². The maximum Gasteiger partial charge on any atom is 0.272 e. The van der Waals surface area contributed by atoms with E-state index in [1.165, 1.54) is 0 Å². The molecule has 0 atom stereocenters. The standard InChI is InChI=1S/C22H19ClN2O/c1-16(24-25-22(26)19-14-8-9-15-20(19)23)21(17-10-4-2-5-11-17)18-12-6-3-7-13-18/h2-15,21H,1H3,(H,25,26)/b24-16+. The van der Waals surface area contributed by atoms with Crippen molar-refractivity contribution >= 4 is 23.2 Å². The van der Waals surface area contributed by atoms with Crippen molar-refractivity contribution in [3.8, 4) is 0 Å². The van der Waals surface area contributed by atoms with E-state index in [1.54, 1.807) is 24.3 Å². The summed E-state index contributed by atoms with van der Waals surface area (Å²) in [5, 5.41) is 4.76. The Hall–Kier alpha value is -2.91. The third kappa shape index (κ3) is 4.19. The van der Waals surface area contributed by atoms with E-state index in [2.05, 4.69) is 34.8 Å². The second kappa shape index (κ2) is 8.45. The van der Waals surface area contributed by atoms with E-state index in [1.807, 2.05) is 43.3 Å². The number of nitrogens with one attached hydrogen (secondary N) is 1. The fourth-order valence-electron chi connectivity index (χ4n) is 2.87. The summed E-state index contributed by atoms with van der Waals surface area (Å²) in [5.74, 6) is -0.362. The Balaban J connectivity index is 1.88. The second-order valence-corrected chi connectivity index (χ2v) is 6.34. The van der Waals surface area contributed by atoms with Gasteiger partial charge in [-0.1, -0.05) is 84.4 Å². The molecule has 26 heavy (non-hydrogen) atoms. The van der Waals surface area contributed by atoms with Crippen molar-refractivity contribution in [2.45, 2.75) is 12.8 Å². The number of carbonyl (C=O) groups is 1. The molecule has 0 spiro atoms. The van der Waals surface area contributed by atoms with Gasteiger partial charge in [-0.15, -0.1) is 0 Å². The zero-order valence-corrected chi connectivity index (χ0v) is 15.1. The van der Waals surface area contributed by atoms with E-state index in [4.69, 9.17) is 11.6 Å². The average molecular weight is 363 g/mol. The van der Waals surface area contributed by atoms with Crippen LogP contribution < -0.4 is 5.43 Å². The fraction of sp³-hybridized carbons (Fsp3) is 0.0909. The Kier molecular flexibility index (Phi) is 5.82. The number of carbonyl (C=O) groups excluding carboxylic acids is 1. The van der Waals surface area contributed by atoms with E-state index in [0.717, 1.165) is 16.8 Å². The second-order valence-electron chi connectivity index (χ2n) is 5.93. The summed E-state index contributed by atoms with van der Waals surface area (Å²) in [6.07, 6.45) is 0. The smallest absolute Gasteiger partial charge is 0.267 e. The summed E-state index contributed by atoms with van der Waals surface area (Å²) in [5.41, 5.74) is 6.06. The molecule has 0 aromatic heterocycles. The van der Waals surface area contributed by atoms with Crippen LogP contribution in [0.3, 0.4) is 0 Å². The number of rotatable bonds is 5. The van der Waals surface area contributed by atoms with Gasteiger partial charge in [0.15, 0.2) is 0 Å². The Morgan fingerprint density at radius 3 is 1.88 bits per heavy atom.